The van der Waals surface area contributed by atoms with Gasteiger partial charge in [-0.2, -0.15) is 0 Å². The number of pyridine rings is 1. The number of fused-ring (bicyclic) bond motifs is 1. The lowest BCUT2D eigenvalue weighted by Gasteiger charge is -2.25. The molecule has 2 nitrogen and oxygen atoms in total. The summed E-state index contributed by atoms with van der Waals surface area (Å²) >= 11 is 0. The maximum atomic E-state index is 12.0. The van der Waals surface area contributed by atoms with Crippen molar-refractivity contribution < 1.29 is 0 Å². The summed E-state index contributed by atoms with van der Waals surface area (Å²) in [4.78, 5) is 12.0. The van der Waals surface area contributed by atoms with Gasteiger partial charge in [-0.1, -0.05) is 46.4 Å². The predicted octanol–water partition coefficient (Wildman–Crippen LogP) is 2.53. The van der Waals surface area contributed by atoms with Crippen LogP contribution < -0.4 is 16.0 Å². The molecule has 0 fully saturated rings. The van der Waals surface area contributed by atoms with Gasteiger partial charge in [0.15, 0.2) is 5.43 Å². The third-order valence-electron chi connectivity index (χ3n) is 3.04. The van der Waals surface area contributed by atoms with E-state index in [0.717, 1.165) is 29.1 Å². The van der Waals surface area contributed by atoms with E-state index in [2.05, 4.69) is 11.1 Å². The first kappa shape index (κ1) is 17.4. The van der Waals surface area contributed by atoms with Gasteiger partial charge in [-0.05, 0) is 19.9 Å². The Bertz CT molecular complexity index is 591. The van der Waals surface area contributed by atoms with Crippen molar-refractivity contribution in [2.24, 2.45) is 0 Å². The molecule has 0 aliphatic carbocycles. The maximum Gasteiger partial charge on any atom is 0.192 e. The fourth-order valence-electron chi connectivity index (χ4n) is 2.18. The lowest BCUT2D eigenvalue weighted by Crippen LogP contribution is -2.51. The molecule has 1 aliphatic rings. The van der Waals surface area contributed by atoms with Gasteiger partial charge in [-0.15, -0.1) is 0 Å². The van der Waals surface area contributed by atoms with E-state index in [-0.39, 0.29) is 5.43 Å². The lowest BCUT2D eigenvalue weighted by atomic mass is 10.0. The molecule has 0 radical (unpaired) electrons. The molecule has 2 rings (SSSR count). The van der Waals surface area contributed by atoms with Gasteiger partial charge in [-0.25, -0.2) is 0 Å². The average Bonchev–Trinajstić information content (AvgIpc) is 2.43. The van der Waals surface area contributed by atoms with Crippen LogP contribution in [-0.4, -0.2) is 4.57 Å². The largest absolute Gasteiger partial charge is 0.344 e. The van der Waals surface area contributed by atoms with E-state index in [9.17, 15) is 4.79 Å². The van der Waals surface area contributed by atoms with E-state index in [1.807, 2.05) is 47.6 Å². The predicted molar refractivity (Wildman–Crippen MR) is 85.9 cm³/mol. The fourth-order valence-corrected chi connectivity index (χ4v) is 2.18. The highest BCUT2D eigenvalue weighted by Crippen LogP contribution is 2.11. The van der Waals surface area contributed by atoms with Crippen molar-refractivity contribution in [3.63, 3.8) is 0 Å². The molecule has 106 valence electrons. The summed E-state index contributed by atoms with van der Waals surface area (Å²) in [5.41, 5.74) is 2.23. The number of allylic oxidation sites excluding steroid dienone is 1. The van der Waals surface area contributed by atoms with Crippen LogP contribution in [-0.2, 0) is 13.0 Å². The van der Waals surface area contributed by atoms with Crippen molar-refractivity contribution in [3.8, 4) is 0 Å². The first-order chi connectivity index (χ1) is 9.20. The minimum Gasteiger partial charge on any atom is -0.344 e. The lowest BCUT2D eigenvalue weighted by molar-refractivity contribution is 0.518. The van der Waals surface area contributed by atoms with Crippen LogP contribution in [0.5, 0.6) is 0 Å². The molecular weight excluding hydrogens is 234 g/mol. The Hall–Kier alpha value is -1.57. The van der Waals surface area contributed by atoms with Crippen LogP contribution >= 0.6 is 0 Å². The van der Waals surface area contributed by atoms with Crippen LogP contribution in [0.2, 0.25) is 0 Å². The summed E-state index contributed by atoms with van der Waals surface area (Å²) in [5, 5.41) is 1.81. The molecule has 1 aromatic heterocycles. The molecule has 0 saturated heterocycles. The van der Waals surface area contributed by atoms with E-state index in [1.165, 1.54) is 5.69 Å². The third-order valence-corrected chi connectivity index (χ3v) is 3.04. The maximum absolute atomic E-state index is 12.0. The summed E-state index contributed by atoms with van der Waals surface area (Å²) in [6.07, 6.45) is 6.50. The zero-order chi connectivity index (χ0) is 15.0. The minimum absolute atomic E-state index is 0.147. The first-order valence-corrected chi connectivity index (χ1v) is 7.22. The van der Waals surface area contributed by atoms with Crippen molar-refractivity contribution in [2.75, 3.05) is 0 Å². The highest BCUT2D eigenvalue weighted by Gasteiger charge is 2.17. The Morgan fingerprint density at radius 3 is 2.16 bits per heavy atom. The van der Waals surface area contributed by atoms with Gasteiger partial charge in [-0.3, -0.25) is 4.79 Å². The first-order valence-electron chi connectivity index (χ1n) is 7.22. The Kier molecular flexibility index (Phi) is 7.81. The number of nitrogens with zero attached hydrogens (tertiary/aromatic N) is 1. The molecule has 0 spiro atoms. The molecule has 0 unspecified atom stereocenters. The van der Waals surface area contributed by atoms with E-state index < -0.39 is 0 Å². The topological polar surface area (TPSA) is 22.0 Å². The number of hydrogen-bond acceptors (Lipinski definition) is 1. The standard InChI is InChI=1S/C13H15NO.2C2H6/c1-4-6-10-11(5-2)14-8-7-12(14)9(3)13(10)15;2*1-2/h4-6H,1,7-8H2,2-3H3;2*1-2H3/b10-6+,11-5+;;. The summed E-state index contributed by atoms with van der Waals surface area (Å²) in [7, 11) is 0. The SMILES string of the molecule is C=C/C=c1/c(=O)c(C)c2n(/c1=C/C)CC2.CC.CC. The molecule has 1 aliphatic heterocycles. The van der Waals surface area contributed by atoms with Crippen LogP contribution in [0.3, 0.4) is 0 Å². The minimum atomic E-state index is 0.147. The van der Waals surface area contributed by atoms with Crippen LogP contribution in [0.1, 0.15) is 45.9 Å². The van der Waals surface area contributed by atoms with Gasteiger partial charge in [0.05, 0.1) is 0 Å². The molecule has 1 aromatic rings. The zero-order valence-corrected chi connectivity index (χ0v) is 13.2. The Morgan fingerprint density at radius 1 is 1.21 bits per heavy atom. The normalized spacial score (nSPS) is 13.4. The van der Waals surface area contributed by atoms with Crippen LogP contribution in [0.25, 0.3) is 12.2 Å². The van der Waals surface area contributed by atoms with Crippen molar-refractivity contribution in [3.05, 3.63) is 44.7 Å². The van der Waals surface area contributed by atoms with Crippen LogP contribution in [0.4, 0.5) is 0 Å². The highest BCUT2D eigenvalue weighted by atomic mass is 16.1. The smallest absolute Gasteiger partial charge is 0.192 e. The van der Waals surface area contributed by atoms with Gasteiger partial charge in [0.1, 0.15) is 0 Å². The van der Waals surface area contributed by atoms with Crippen molar-refractivity contribution >= 4 is 12.2 Å². The van der Waals surface area contributed by atoms with Gasteiger partial charge in [0.2, 0.25) is 0 Å². The van der Waals surface area contributed by atoms with Crippen LogP contribution in [0, 0.1) is 6.92 Å². The van der Waals surface area contributed by atoms with Crippen molar-refractivity contribution in [2.45, 2.75) is 54.5 Å². The summed E-state index contributed by atoms with van der Waals surface area (Å²) in [5.74, 6) is 0. The quantitative estimate of drug-likeness (QED) is 0.761. The average molecular weight is 261 g/mol. The summed E-state index contributed by atoms with van der Waals surface area (Å²) in [6, 6.07) is 0. The van der Waals surface area contributed by atoms with Crippen molar-refractivity contribution in [1.82, 2.24) is 4.57 Å². The summed E-state index contributed by atoms with van der Waals surface area (Å²) in [6.45, 7) is 16.6. The Balaban J connectivity index is 0.000000741. The molecule has 0 bridgehead atoms. The second kappa shape index (κ2) is 8.52. The number of rotatable bonds is 1. The molecule has 0 amide bonds. The van der Waals surface area contributed by atoms with Gasteiger partial charge in [0.25, 0.3) is 0 Å². The molecule has 2 heterocycles. The second-order valence-electron chi connectivity index (χ2n) is 3.79. The summed E-state index contributed by atoms with van der Waals surface area (Å²) < 4.78 is 2.21. The molecule has 0 N–H and O–H groups in total. The number of aromatic nitrogens is 1. The Morgan fingerprint density at radius 2 is 1.79 bits per heavy atom. The van der Waals surface area contributed by atoms with Gasteiger partial charge in [0, 0.05) is 34.8 Å². The van der Waals surface area contributed by atoms with E-state index in [4.69, 9.17) is 0 Å². The molecule has 0 aromatic carbocycles. The highest BCUT2D eigenvalue weighted by molar-refractivity contribution is 5.40. The molecular formula is C17H27NO. The molecule has 0 saturated carbocycles. The number of hydrogen-bond donors (Lipinski definition) is 0. The van der Waals surface area contributed by atoms with Crippen molar-refractivity contribution in [1.29, 1.82) is 0 Å². The molecule has 0 atom stereocenters. The van der Waals surface area contributed by atoms with Gasteiger partial charge >= 0.3 is 0 Å². The van der Waals surface area contributed by atoms with E-state index in [1.54, 1.807) is 12.2 Å². The molecule has 2 heteroatoms. The second-order valence-corrected chi connectivity index (χ2v) is 3.79. The van der Waals surface area contributed by atoms with Gasteiger partial charge < -0.3 is 4.57 Å². The Labute approximate surface area is 116 Å². The van der Waals surface area contributed by atoms with Crippen LogP contribution in [0.15, 0.2) is 17.4 Å². The third kappa shape index (κ3) is 3.25. The monoisotopic (exact) mass is 261 g/mol. The molecule has 19 heavy (non-hydrogen) atoms. The van der Waals surface area contributed by atoms with E-state index >= 15 is 0 Å². The van der Waals surface area contributed by atoms with E-state index in [0.29, 0.717) is 0 Å². The zero-order valence-electron chi connectivity index (χ0n) is 13.2. The fraction of sp³-hybridized carbons (Fsp3) is 0.471.